The first kappa shape index (κ1) is 29.2. The van der Waals surface area contributed by atoms with Crippen LogP contribution in [0.5, 0.6) is 0 Å². The lowest BCUT2D eigenvalue weighted by Crippen LogP contribution is -2.28. The highest BCUT2D eigenvalue weighted by Crippen LogP contribution is 2.36. The minimum absolute atomic E-state index is 0.0331. The molecule has 2 N–H and O–H groups in total. The van der Waals surface area contributed by atoms with Crippen LogP contribution in [0.25, 0.3) is 0 Å². The maximum atomic E-state index is 13.3. The van der Waals surface area contributed by atoms with E-state index in [-0.39, 0.29) is 22.3 Å². The van der Waals surface area contributed by atoms with Crippen LogP contribution in [0.3, 0.4) is 0 Å². The lowest BCUT2D eigenvalue weighted by molar-refractivity contribution is -0.121. The van der Waals surface area contributed by atoms with E-state index >= 15 is 0 Å². The molecule has 0 aromatic heterocycles. The van der Waals surface area contributed by atoms with Crippen LogP contribution in [0, 0.1) is 0 Å². The van der Waals surface area contributed by atoms with Gasteiger partial charge in [-0.15, -0.1) is 23.5 Å². The van der Waals surface area contributed by atoms with Gasteiger partial charge in [0.25, 0.3) is 0 Å². The molecular weight excluding hydrogens is 557 g/mol. The number of amides is 2. The summed E-state index contributed by atoms with van der Waals surface area (Å²) in [6.45, 7) is 0.849. The topological polar surface area (TPSA) is 58.2 Å². The maximum Gasteiger partial charge on any atom is 0.238 e. The molecular formula is C36H32N2O2S2. The Bertz CT molecular complexity index is 1430. The van der Waals surface area contributed by atoms with E-state index in [0.29, 0.717) is 13.1 Å². The highest BCUT2D eigenvalue weighted by molar-refractivity contribution is 8.00. The Kier molecular flexibility index (Phi) is 10.5. The first-order valence-electron chi connectivity index (χ1n) is 13.8. The fourth-order valence-electron chi connectivity index (χ4n) is 4.41. The van der Waals surface area contributed by atoms with E-state index in [0.717, 1.165) is 32.0 Å². The Balaban J connectivity index is 1.18. The third kappa shape index (κ3) is 8.38. The van der Waals surface area contributed by atoms with Gasteiger partial charge in [0.05, 0.1) is 0 Å². The molecule has 2 unspecified atom stereocenters. The summed E-state index contributed by atoms with van der Waals surface area (Å²) in [6, 6.07) is 47.7. The Hall–Kier alpha value is -4.26. The second kappa shape index (κ2) is 15.1. The number of nitrogens with one attached hydrogen (secondary N) is 2. The zero-order chi connectivity index (χ0) is 29.0. The lowest BCUT2D eigenvalue weighted by atomic mass is 10.1. The monoisotopic (exact) mass is 588 g/mol. The van der Waals surface area contributed by atoms with Gasteiger partial charge in [0.15, 0.2) is 0 Å². The number of carbonyl (C=O) groups is 2. The Morgan fingerprint density at radius 3 is 1.10 bits per heavy atom. The highest BCUT2D eigenvalue weighted by atomic mass is 32.2. The van der Waals surface area contributed by atoms with E-state index < -0.39 is 0 Å². The fraction of sp³-hybridized carbons (Fsp3) is 0.111. The first-order valence-corrected chi connectivity index (χ1v) is 15.6. The molecule has 2 atom stereocenters. The van der Waals surface area contributed by atoms with Crippen LogP contribution >= 0.6 is 23.5 Å². The van der Waals surface area contributed by atoms with Crippen LogP contribution in [0.15, 0.2) is 155 Å². The summed E-state index contributed by atoms with van der Waals surface area (Å²) in [4.78, 5) is 28.7. The van der Waals surface area contributed by atoms with Crippen LogP contribution in [0.2, 0.25) is 0 Å². The molecule has 0 radical (unpaired) electrons. The van der Waals surface area contributed by atoms with E-state index in [2.05, 4.69) is 10.6 Å². The average molecular weight is 589 g/mol. The van der Waals surface area contributed by atoms with Crippen molar-refractivity contribution in [2.75, 3.05) is 0 Å². The molecule has 5 rings (SSSR count). The molecule has 0 heterocycles. The largest absolute Gasteiger partial charge is 0.351 e. The molecule has 0 saturated carbocycles. The van der Waals surface area contributed by atoms with Gasteiger partial charge in [-0.3, -0.25) is 9.59 Å². The van der Waals surface area contributed by atoms with Crippen LogP contribution in [-0.4, -0.2) is 11.8 Å². The normalized spacial score (nSPS) is 12.2. The van der Waals surface area contributed by atoms with Crippen molar-refractivity contribution in [1.82, 2.24) is 10.6 Å². The minimum Gasteiger partial charge on any atom is -0.351 e. The Morgan fingerprint density at radius 2 is 0.762 bits per heavy atom. The maximum absolute atomic E-state index is 13.3. The predicted octanol–water partition coefficient (Wildman–Crippen LogP) is 7.99. The molecule has 0 fully saturated rings. The molecule has 4 nitrogen and oxygen atoms in total. The molecule has 6 heteroatoms. The number of thioether (sulfide) groups is 2. The van der Waals surface area contributed by atoms with Crippen molar-refractivity contribution < 1.29 is 9.59 Å². The van der Waals surface area contributed by atoms with Crippen molar-refractivity contribution in [2.45, 2.75) is 33.4 Å². The van der Waals surface area contributed by atoms with Crippen LogP contribution in [0.4, 0.5) is 0 Å². The second-order valence-corrected chi connectivity index (χ2v) is 12.1. The third-order valence-electron chi connectivity index (χ3n) is 6.63. The van der Waals surface area contributed by atoms with Gasteiger partial charge in [0.2, 0.25) is 11.8 Å². The molecule has 210 valence electrons. The first-order chi connectivity index (χ1) is 20.7. The van der Waals surface area contributed by atoms with E-state index in [4.69, 9.17) is 0 Å². The predicted molar refractivity (Wildman–Crippen MR) is 173 cm³/mol. The van der Waals surface area contributed by atoms with Crippen molar-refractivity contribution >= 4 is 35.3 Å². The molecule has 0 aliphatic carbocycles. The van der Waals surface area contributed by atoms with E-state index in [1.165, 1.54) is 0 Å². The van der Waals surface area contributed by atoms with E-state index in [1.807, 2.05) is 146 Å². The van der Waals surface area contributed by atoms with Gasteiger partial charge in [0.1, 0.15) is 10.5 Å². The molecule has 0 spiro atoms. The van der Waals surface area contributed by atoms with Gasteiger partial charge in [-0.1, -0.05) is 121 Å². The fourth-order valence-corrected chi connectivity index (χ4v) is 6.55. The zero-order valence-electron chi connectivity index (χ0n) is 23.1. The highest BCUT2D eigenvalue weighted by Gasteiger charge is 2.23. The van der Waals surface area contributed by atoms with Gasteiger partial charge in [-0.25, -0.2) is 0 Å². The Morgan fingerprint density at radius 1 is 0.452 bits per heavy atom. The van der Waals surface area contributed by atoms with Crippen molar-refractivity contribution in [2.24, 2.45) is 0 Å². The smallest absolute Gasteiger partial charge is 0.238 e. The Labute approximate surface area is 256 Å². The van der Waals surface area contributed by atoms with Crippen LogP contribution in [0.1, 0.15) is 32.8 Å². The number of benzene rings is 5. The van der Waals surface area contributed by atoms with Crippen LogP contribution < -0.4 is 10.6 Å². The van der Waals surface area contributed by atoms with Gasteiger partial charge >= 0.3 is 0 Å². The zero-order valence-corrected chi connectivity index (χ0v) is 24.7. The van der Waals surface area contributed by atoms with Gasteiger partial charge in [-0.05, 0) is 46.5 Å². The van der Waals surface area contributed by atoms with Gasteiger partial charge < -0.3 is 10.6 Å². The summed E-state index contributed by atoms with van der Waals surface area (Å²) < 4.78 is 0. The minimum atomic E-state index is -0.352. The van der Waals surface area contributed by atoms with Crippen molar-refractivity contribution in [3.05, 3.63) is 168 Å². The van der Waals surface area contributed by atoms with Crippen LogP contribution in [-0.2, 0) is 22.7 Å². The third-order valence-corrected chi connectivity index (χ3v) is 9.16. The van der Waals surface area contributed by atoms with E-state index in [9.17, 15) is 9.59 Å². The average Bonchev–Trinajstić information content (AvgIpc) is 3.06. The standard InChI is InChI=1S/C36H32N2O2S2/c39-35(33(29-13-5-1-6-14-29)41-31-17-9-3-10-18-31)37-25-27-21-23-28(24-22-27)26-38-36(40)34(30-15-7-2-8-16-30)42-32-19-11-4-12-20-32/h1-24,33-34H,25-26H2,(H,37,39)(H,38,40). The molecule has 5 aromatic carbocycles. The van der Waals surface area contributed by atoms with Crippen molar-refractivity contribution in [3.63, 3.8) is 0 Å². The summed E-state index contributed by atoms with van der Waals surface area (Å²) in [7, 11) is 0. The number of hydrogen-bond acceptors (Lipinski definition) is 4. The quantitative estimate of drug-likeness (QED) is 0.145. The summed E-state index contributed by atoms with van der Waals surface area (Å²) >= 11 is 3.09. The van der Waals surface area contributed by atoms with E-state index in [1.54, 1.807) is 23.5 Å². The summed E-state index contributed by atoms with van der Waals surface area (Å²) in [5, 5.41) is 5.52. The molecule has 0 aliphatic heterocycles. The SMILES string of the molecule is O=C(NCc1ccc(CNC(=O)C(Sc2ccccc2)c2ccccc2)cc1)C(Sc1ccccc1)c1ccccc1. The van der Waals surface area contributed by atoms with Gasteiger partial charge in [-0.2, -0.15) is 0 Å². The summed E-state index contributed by atoms with van der Waals surface area (Å²) in [5.74, 6) is -0.0662. The van der Waals surface area contributed by atoms with Crippen molar-refractivity contribution in [1.29, 1.82) is 0 Å². The summed E-state index contributed by atoms with van der Waals surface area (Å²) in [6.07, 6.45) is 0. The molecule has 42 heavy (non-hydrogen) atoms. The molecule has 0 saturated heterocycles. The molecule has 0 bridgehead atoms. The lowest BCUT2D eigenvalue weighted by Gasteiger charge is -2.18. The molecule has 2 amide bonds. The molecule has 0 aliphatic rings. The number of carbonyl (C=O) groups excluding carboxylic acids is 2. The number of hydrogen-bond donors (Lipinski definition) is 2. The summed E-state index contributed by atoms with van der Waals surface area (Å²) in [5.41, 5.74) is 3.93. The molecule has 5 aromatic rings. The number of rotatable bonds is 12. The second-order valence-electron chi connectivity index (χ2n) is 9.70. The van der Waals surface area contributed by atoms with Gasteiger partial charge in [0, 0.05) is 22.9 Å². The van der Waals surface area contributed by atoms with Crippen molar-refractivity contribution in [3.8, 4) is 0 Å².